The zero-order chi connectivity index (χ0) is 24.5. The Bertz CT molecular complexity index is 1310. The SMILES string of the molecule is Cc1ccc(S(=O)(=O)Nc2ccccc2N2CCN(C(=O)OC(C)(C)C)CC2)c2cccnc12. The molecule has 1 aliphatic rings. The zero-order valence-corrected chi connectivity index (χ0v) is 20.7. The third-order valence-corrected chi connectivity index (χ3v) is 7.07. The summed E-state index contributed by atoms with van der Waals surface area (Å²) >= 11 is 0. The van der Waals surface area contributed by atoms with E-state index < -0.39 is 15.6 Å². The molecule has 0 unspecified atom stereocenters. The van der Waals surface area contributed by atoms with Crippen molar-refractivity contribution in [1.29, 1.82) is 0 Å². The van der Waals surface area contributed by atoms with Crippen LogP contribution in [0.2, 0.25) is 0 Å². The van der Waals surface area contributed by atoms with Crippen molar-refractivity contribution >= 4 is 38.4 Å². The highest BCUT2D eigenvalue weighted by Gasteiger charge is 2.27. The molecule has 1 amide bonds. The molecule has 0 spiro atoms. The highest BCUT2D eigenvalue weighted by atomic mass is 32.2. The molecule has 0 atom stereocenters. The molecule has 9 heteroatoms. The molecule has 3 aromatic rings. The number of hydrogen-bond acceptors (Lipinski definition) is 6. The number of para-hydroxylation sites is 2. The average Bonchev–Trinajstić information content (AvgIpc) is 2.78. The number of rotatable bonds is 4. The molecular weight excluding hydrogens is 452 g/mol. The van der Waals surface area contributed by atoms with Gasteiger partial charge in [0.05, 0.1) is 21.8 Å². The molecule has 1 aliphatic heterocycles. The van der Waals surface area contributed by atoms with E-state index in [4.69, 9.17) is 4.74 Å². The van der Waals surface area contributed by atoms with Gasteiger partial charge in [0.1, 0.15) is 5.60 Å². The molecule has 2 aromatic carbocycles. The summed E-state index contributed by atoms with van der Waals surface area (Å²) in [6.45, 7) is 9.55. The van der Waals surface area contributed by atoms with Gasteiger partial charge < -0.3 is 14.5 Å². The maximum Gasteiger partial charge on any atom is 0.410 e. The quantitative estimate of drug-likeness (QED) is 0.593. The topological polar surface area (TPSA) is 91.8 Å². The minimum Gasteiger partial charge on any atom is -0.444 e. The molecule has 2 heterocycles. The number of hydrogen-bond donors (Lipinski definition) is 1. The van der Waals surface area contributed by atoms with E-state index in [0.29, 0.717) is 42.8 Å². The van der Waals surface area contributed by atoms with Crippen molar-refractivity contribution in [2.75, 3.05) is 35.8 Å². The largest absolute Gasteiger partial charge is 0.444 e. The summed E-state index contributed by atoms with van der Waals surface area (Å²) in [6, 6.07) is 14.2. The Hall–Kier alpha value is -3.33. The highest BCUT2D eigenvalue weighted by molar-refractivity contribution is 7.93. The molecule has 1 saturated heterocycles. The van der Waals surface area contributed by atoms with Crippen molar-refractivity contribution in [3.05, 3.63) is 60.3 Å². The summed E-state index contributed by atoms with van der Waals surface area (Å²) in [7, 11) is -3.86. The number of pyridine rings is 1. The van der Waals surface area contributed by atoms with E-state index in [2.05, 4.69) is 14.6 Å². The van der Waals surface area contributed by atoms with Crippen LogP contribution in [0, 0.1) is 6.92 Å². The second kappa shape index (κ2) is 9.13. The van der Waals surface area contributed by atoms with Crippen molar-refractivity contribution in [2.45, 2.75) is 38.2 Å². The number of carbonyl (C=O) groups excluding carboxylic acids is 1. The molecule has 8 nitrogen and oxygen atoms in total. The van der Waals surface area contributed by atoms with Crippen LogP contribution in [-0.2, 0) is 14.8 Å². The smallest absolute Gasteiger partial charge is 0.410 e. The Morgan fingerprint density at radius 2 is 1.71 bits per heavy atom. The third-order valence-electron chi connectivity index (χ3n) is 5.64. The van der Waals surface area contributed by atoms with Crippen LogP contribution in [0.5, 0.6) is 0 Å². The van der Waals surface area contributed by atoms with Crippen LogP contribution in [0.15, 0.2) is 59.6 Å². The van der Waals surface area contributed by atoms with Crippen molar-refractivity contribution < 1.29 is 17.9 Å². The van der Waals surface area contributed by atoms with E-state index in [1.54, 1.807) is 47.5 Å². The van der Waals surface area contributed by atoms with Crippen LogP contribution in [0.1, 0.15) is 26.3 Å². The van der Waals surface area contributed by atoms with Gasteiger partial charge in [0.15, 0.2) is 0 Å². The van der Waals surface area contributed by atoms with E-state index in [9.17, 15) is 13.2 Å². The number of fused-ring (bicyclic) bond motifs is 1. The fraction of sp³-hybridized carbons (Fsp3) is 0.360. The zero-order valence-electron chi connectivity index (χ0n) is 19.9. The monoisotopic (exact) mass is 482 g/mol. The maximum atomic E-state index is 13.4. The first-order valence-electron chi connectivity index (χ1n) is 11.2. The van der Waals surface area contributed by atoms with E-state index >= 15 is 0 Å². The first-order chi connectivity index (χ1) is 16.0. The van der Waals surface area contributed by atoms with Gasteiger partial charge in [0.25, 0.3) is 10.0 Å². The van der Waals surface area contributed by atoms with Gasteiger partial charge in [-0.3, -0.25) is 9.71 Å². The van der Waals surface area contributed by atoms with Gasteiger partial charge in [0.2, 0.25) is 0 Å². The summed E-state index contributed by atoms with van der Waals surface area (Å²) in [4.78, 5) is 20.7. The summed E-state index contributed by atoms with van der Waals surface area (Å²) < 4.78 is 35.1. The molecule has 1 fully saturated rings. The number of ether oxygens (including phenoxy) is 1. The van der Waals surface area contributed by atoms with Gasteiger partial charge in [-0.05, 0) is 63.6 Å². The van der Waals surface area contributed by atoms with Gasteiger partial charge in [-0.1, -0.05) is 18.2 Å². The lowest BCUT2D eigenvalue weighted by Gasteiger charge is -2.37. The molecule has 0 saturated carbocycles. The number of piperazine rings is 1. The van der Waals surface area contributed by atoms with E-state index in [1.807, 2.05) is 39.8 Å². The Morgan fingerprint density at radius 3 is 2.41 bits per heavy atom. The van der Waals surface area contributed by atoms with E-state index in [0.717, 1.165) is 11.3 Å². The van der Waals surface area contributed by atoms with Crippen molar-refractivity contribution in [1.82, 2.24) is 9.88 Å². The molecular formula is C25H30N4O4S. The average molecular weight is 483 g/mol. The summed E-state index contributed by atoms with van der Waals surface area (Å²) in [5.41, 5.74) is 2.29. The normalized spacial score (nSPS) is 14.8. The standard InChI is InChI=1S/C25H30N4O4S/c1-18-11-12-22(19-8-7-13-26-23(18)19)34(31,32)27-20-9-5-6-10-21(20)28-14-16-29(17-15-28)24(30)33-25(2,3)4/h5-13,27H,14-17H2,1-4H3. The number of amides is 1. The van der Waals surface area contributed by atoms with Crippen molar-refractivity contribution in [2.24, 2.45) is 0 Å². The van der Waals surface area contributed by atoms with Gasteiger partial charge in [-0.2, -0.15) is 0 Å². The molecule has 4 rings (SSSR count). The predicted molar refractivity (Wildman–Crippen MR) is 134 cm³/mol. The third kappa shape index (κ3) is 5.09. The number of aromatic nitrogens is 1. The lowest BCUT2D eigenvalue weighted by molar-refractivity contribution is 0.0240. The predicted octanol–water partition coefficient (Wildman–Crippen LogP) is 4.40. The second-order valence-electron chi connectivity index (χ2n) is 9.36. The Labute approximate surface area is 200 Å². The Morgan fingerprint density at radius 1 is 1.00 bits per heavy atom. The number of carbonyl (C=O) groups is 1. The molecule has 1 N–H and O–H groups in total. The number of anilines is 2. The molecule has 1 aromatic heterocycles. The number of benzene rings is 2. The fourth-order valence-electron chi connectivity index (χ4n) is 4.01. The summed E-state index contributed by atoms with van der Waals surface area (Å²) in [5.74, 6) is 0. The lowest BCUT2D eigenvalue weighted by atomic mass is 10.1. The number of nitrogens with zero attached hydrogens (tertiary/aromatic N) is 3. The number of aryl methyl sites for hydroxylation is 1. The molecule has 0 aliphatic carbocycles. The summed E-state index contributed by atoms with van der Waals surface area (Å²) in [5, 5.41) is 0.582. The first kappa shape index (κ1) is 23.8. The first-order valence-corrected chi connectivity index (χ1v) is 12.7. The van der Waals surface area contributed by atoms with Gasteiger partial charge in [0, 0.05) is 37.8 Å². The highest BCUT2D eigenvalue weighted by Crippen LogP contribution is 2.31. The van der Waals surface area contributed by atoms with Crippen LogP contribution >= 0.6 is 0 Å². The second-order valence-corrected chi connectivity index (χ2v) is 11.0. The molecule has 180 valence electrons. The Kier molecular flexibility index (Phi) is 6.40. The molecule has 34 heavy (non-hydrogen) atoms. The van der Waals surface area contributed by atoms with Gasteiger partial charge in [-0.25, -0.2) is 13.2 Å². The molecule has 0 bridgehead atoms. The van der Waals surface area contributed by atoms with Crippen molar-refractivity contribution in [3.63, 3.8) is 0 Å². The number of sulfonamides is 1. The van der Waals surface area contributed by atoms with Crippen LogP contribution in [0.4, 0.5) is 16.2 Å². The Balaban J connectivity index is 1.55. The lowest BCUT2D eigenvalue weighted by Crippen LogP contribution is -2.50. The van der Waals surface area contributed by atoms with Crippen LogP contribution in [0.3, 0.4) is 0 Å². The van der Waals surface area contributed by atoms with Gasteiger partial charge >= 0.3 is 6.09 Å². The maximum absolute atomic E-state index is 13.4. The van der Waals surface area contributed by atoms with E-state index in [1.165, 1.54) is 0 Å². The fourth-order valence-corrected chi connectivity index (χ4v) is 5.29. The number of nitrogens with one attached hydrogen (secondary N) is 1. The minimum absolute atomic E-state index is 0.186. The summed E-state index contributed by atoms with van der Waals surface area (Å²) in [6.07, 6.45) is 1.33. The van der Waals surface area contributed by atoms with Gasteiger partial charge in [-0.15, -0.1) is 0 Å². The molecule has 0 radical (unpaired) electrons. The minimum atomic E-state index is -3.86. The van der Waals surface area contributed by atoms with Crippen LogP contribution < -0.4 is 9.62 Å². The van der Waals surface area contributed by atoms with Crippen LogP contribution in [0.25, 0.3) is 10.9 Å². The van der Waals surface area contributed by atoms with Crippen molar-refractivity contribution in [3.8, 4) is 0 Å². The van der Waals surface area contributed by atoms with E-state index in [-0.39, 0.29) is 11.0 Å². The van der Waals surface area contributed by atoms with Crippen LogP contribution in [-0.4, -0.2) is 56.2 Å².